The number of hydrogen-bond acceptors (Lipinski definition) is 16. The van der Waals surface area contributed by atoms with Gasteiger partial charge in [-0.05, 0) is 62.4 Å². The molecule has 2 N–H and O–H groups in total. The van der Waals surface area contributed by atoms with Crippen LogP contribution in [-0.4, -0.2) is 83.7 Å². The van der Waals surface area contributed by atoms with E-state index in [4.69, 9.17) is 0 Å². The molecule has 0 saturated heterocycles. The van der Waals surface area contributed by atoms with Crippen LogP contribution >= 0.6 is 0 Å². The Labute approximate surface area is 341 Å². The van der Waals surface area contributed by atoms with E-state index < -0.39 is 39.9 Å². The molecule has 0 aromatic heterocycles. The summed E-state index contributed by atoms with van der Waals surface area (Å²) in [6.07, 6.45) is 0. The molecule has 0 aliphatic carbocycles. The second kappa shape index (κ2) is 16.9. The average Bonchev–Trinajstić information content (AvgIpc) is 3.10. The van der Waals surface area contributed by atoms with Crippen LogP contribution in [0.3, 0.4) is 0 Å². The third kappa shape index (κ3) is 9.61. The Kier molecular flexibility index (Phi) is 13.0. The van der Waals surface area contributed by atoms with Gasteiger partial charge in [0, 0.05) is 44.8 Å². The number of phenolic OH excluding ortho intramolecular Hbond substituents is 2. The Hall–Kier alpha value is -5.48. The number of aromatic hydroxyl groups is 2. The molecule has 0 unspecified atom stereocenters. The molecule has 6 aromatic carbocycles. The van der Waals surface area contributed by atoms with Crippen LogP contribution in [0.5, 0.6) is 11.5 Å². The molecule has 0 heterocycles. The predicted molar refractivity (Wildman–Crippen MR) is 197 cm³/mol. The smallest absolute Gasteiger partial charge is 0.744 e. The number of hydrogen-bond donors (Lipinski definition) is 2. The number of phenols is 2. The average molecular weight is 813 g/mol. The van der Waals surface area contributed by atoms with Gasteiger partial charge in [0.25, 0.3) is 11.4 Å². The van der Waals surface area contributed by atoms with E-state index in [1.54, 1.807) is 13.8 Å². The van der Waals surface area contributed by atoms with Gasteiger partial charge in [0.05, 0.1) is 31.0 Å². The number of nitro groups is 2. The Morgan fingerprint density at radius 3 is 1.22 bits per heavy atom. The van der Waals surface area contributed by atoms with Gasteiger partial charge in [0.15, 0.2) is 0 Å². The molecule has 0 spiro atoms. The molecule has 6 rings (SSSR count). The molecular weight excluding hydrogens is 789 g/mol. The third-order valence-corrected chi connectivity index (χ3v) is 9.58. The van der Waals surface area contributed by atoms with Crippen LogP contribution in [0.4, 0.5) is 34.1 Å². The van der Waals surface area contributed by atoms with E-state index in [9.17, 15) is 56.4 Å². The summed E-state index contributed by atoms with van der Waals surface area (Å²) in [5.74, 6) is -0.568. The molecule has 21 heteroatoms. The number of rotatable bonds is 8. The molecule has 0 aliphatic rings. The Balaban J connectivity index is 0.000000240. The standard InChI is InChI=1S/2C17H13N3O6S.Ca/c2*1-10-5-6-11(9-14(10)20(22)23)18-19-17-13-3-2-4-16(27(24,25)26)12(13)7-8-15(17)21;/h2*2-9,21H,1H3,(H,24,25,26);/q;;+2/p-2. The number of fused-ring (bicyclic) bond motifs is 2. The van der Waals surface area contributed by atoms with E-state index in [0.717, 1.165) is 12.1 Å². The van der Waals surface area contributed by atoms with Crippen molar-refractivity contribution < 1.29 is 46.0 Å². The van der Waals surface area contributed by atoms with E-state index in [-0.39, 0.29) is 105 Å². The largest absolute Gasteiger partial charge is 2.00 e. The zero-order valence-corrected chi connectivity index (χ0v) is 32.3. The van der Waals surface area contributed by atoms with E-state index in [1.165, 1.54) is 84.9 Å². The van der Waals surface area contributed by atoms with Gasteiger partial charge in [0.2, 0.25) is 0 Å². The van der Waals surface area contributed by atoms with Crippen molar-refractivity contribution in [2.45, 2.75) is 23.6 Å². The van der Waals surface area contributed by atoms with Gasteiger partial charge in [-0.2, -0.15) is 10.2 Å². The van der Waals surface area contributed by atoms with E-state index in [2.05, 4.69) is 20.5 Å². The SMILES string of the molecule is Cc1ccc(N=Nc2c(O)ccc3c(S(=O)(=O)[O-])cccc23)cc1[N+](=O)[O-].Cc1ccc(N=Nc2c(O)ccc3c(S(=O)(=O)[O-])cccc23)cc1[N+](=O)[O-].[Ca+2]. The van der Waals surface area contributed by atoms with Crippen LogP contribution in [0.25, 0.3) is 21.5 Å². The zero-order valence-electron chi connectivity index (χ0n) is 28.4. The van der Waals surface area contributed by atoms with Crippen LogP contribution < -0.4 is 0 Å². The molecule has 0 atom stereocenters. The normalized spacial score (nSPS) is 11.7. The number of benzene rings is 6. The first-order chi connectivity index (χ1) is 25.4. The summed E-state index contributed by atoms with van der Waals surface area (Å²) in [7, 11) is -9.45. The topological polar surface area (TPSA) is 291 Å². The number of azo groups is 2. The van der Waals surface area contributed by atoms with Crippen molar-refractivity contribution in [3.8, 4) is 11.5 Å². The fourth-order valence-corrected chi connectivity index (χ4v) is 6.56. The maximum atomic E-state index is 11.4. The van der Waals surface area contributed by atoms with Gasteiger partial charge < -0.3 is 19.3 Å². The van der Waals surface area contributed by atoms with Crippen molar-refractivity contribution >= 4 is 114 Å². The van der Waals surface area contributed by atoms with Crippen LogP contribution in [0, 0.1) is 34.1 Å². The van der Waals surface area contributed by atoms with E-state index >= 15 is 0 Å². The van der Waals surface area contributed by atoms with Crippen LogP contribution in [-0.2, 0) is 20.2 Å². The van der Waals surface area contributed by atoms with Crippen molar-refractivity contribution in [1.82, 2.24) is 0 Å². The summed E-state index contributed by atoms with van der Waals surface area (Å²) >= 11 is 0. The Morgan fingerprint density at radius 2 is 0.891 bits per heavy atom. The third-order valence-electron chi connectivity index (χ3n) is 7.79. The summed E-state index contributed by atoms with van der Waals surface area (Å²) in [5.41, 5.74) is 0.895. The fourth-order valence-electron chi connectivity index (χ4n) is 5.18. The van der Waals surface area contributed by atoms with Crippen molar-refractivity contribution in [1.29, 1.82) is 0 Å². The maximum Gasteiger partial charge on any atom is 2.00 e. The summed E-state index contributed by atoms with van der Waals surface area (Å²) < 4.78 is 68.5. The van der Waals surface area contributed by atoms with E-state index in [1.807, 2.05) is 0 Å². The van der Waals surface area contributed by atoms with Gasteiger partial charge in [0.1, 0.15) is 43.1 Å². The van der Waals surface area contributed by atoms with Gasteiger partial charge in [-0.1, -0.05) is 36.4 Å². The summed E-state index contributed by atoms with van der Waals surface area (Å²) in [5, 5.41) is 58.4. The maximum absolute atomic E-state index is 11.4. The van der Waals surface area contributed by atoms with Gasteiger partial charge >= 0.3 is 37.7 Å². The molecular formula is C34H24CaN6O12S2. The summed E-state index contributed by atoms with van der Waals surface area (Å²) in [4.78, 5) is 20.1. The first-order valence-electron chi connectivity index (χ1n) is 15.1. The summed E-state index contributed by atoms with van der Waals surface area (Å²) in [6, 6.07) is 21.5. The summed E-state index contributed by atoms with van der Waals surface area (Å²) in [6.45, 7) is 3.17. The molecule has 0 fully saturated rings. The minimum absolute atomic E-state index is 0. The van der Waals surface area contributed by atoms with Crippen LogP contribution in [0.2, 0.25) is 0 Å². The first kappa shape index (κ1) is 42.3. The predicted octanol–water partition coefficient (Wildman–Crippen LogP) is 7.78. The molecule has 18 nitrogen and oxygen atoms in total. The van der Waals surface area contributed by atoms with Crippen LogP contribution in [0.1, 0.15) is 11.1 Å². The molecule has 0 bridgehead atoms. The Morgan fingerprint density at radius 1 is 0.527 bits per heavy atom. The molecule has 0 amide bonds. The van der Waals surface area contributed by atoms with Crippen molar-refractivity contribution in [3.05, 3.63) is 128 Å². The number of nitro benzene ring substituents is 2. The number of nitrogens with zero attached hydrogens (tertiary/aromatic N) is 6. The second-order valence-electron chi connectivity index (χ2n) is 11.3. The first-order valence-corrected chi connectivity index (χ1v) is 17.9. The minimum atomic E-state index is -4.72. The fraction of sp³-hybridized carbons (Fsp3) is 0.0588. The molecule has 0 radical (unpaired) electrons. The zero-order chi connectivity index (χ0) is 39.5. The van der Waals surface area contributed by atoms with Crippen molar-refractivity contribution in [2.24, 2.45) is 20.5 Å². The minimum Gasteiger partial charge on any atom is -0.744 e. The second-order valence-corrected chi connectivity index (χ2v) is 14.0. The molecule has 0 aliphatic heterocycles. The molecule has 55 heavy (non-hydrogen) atoms. The van der Waals surface area contributed by atoms with Crippen molar-refractivity contribution in [2.75, 3.05) is 0 Å². The molecule has 0 saturated carbocycles. The van der Waals surface area contributed by atoms with Crippen molar-refractivity contribution in [3.63, 3.8) is 0 Å². The van der Waals surface area contributed by atoms with Gasteiger partial charge in [-0.3, -0.25) is 20.2 Å². The van der Waals surface area contributed by atoms with Gasteiger partial charge in [-0.25, -0.2) is 16.8 Å². The van der Waals surface area contributed by atoms with E-state index in [0.29, 0.717) is 11.1 Å². The van der Waals surface area contributed by atoms with Gasteiger partial charge in [-0.15, -0.1) is 10.2 Å². The number of aryl methyl sites for hydroxylation is 2. The van der Waals surface area contributed by atoms with Crippen LogP contribution in [0.15, 0.2) is 127 Å². The quantitative estimate of drug-likeness (QED) is 0.0489. The monoisotopic (exact) mass is 812 g/mol. The molecule has 276 valence electrons. The Bertz CT molecular complexity index is 2610. The molecule has 6 aromatic rings.